The summed E-state index contributed by atoms with van der Waals surface area (Å²) < 4.78 is 9.90. The van der Waals surface area contributed by atoms with E-state index in [1.54, 1.807) is 0 Å². The molecule has 0 fully saturated rings. The molecule has 1 aromatic rings. The van der Waals surface area contributed by atoms with Gasteiger partial charge in [-0.05, 0) is 12.1 Å². The van der Waals surface area contributed by atoms with E-state index in [1.807, 2.05) is 0 Å². The fourth-order valence-electron chi connectivity index (χ4n) is 1.57. The van der Waals surface area contributed by atoms with E-state index in [1.165, 1.54) is 26.4 Å². The van der Waals surface area contributed by atoms with Gasteiger partial charge < -0.3 is 24.8 Å². The summed E-state index contributed by atoms with van der Waals surface area (Å²) in [6.07, 6.45) is -3.19. The lowest BCUT2D eigenvalue weighted by atomic mass is 10.0. The fraction of sp³-hybridized carbons (Fsp3) is 0.333. The van der Waals surface area contributed by atoms with Crippen LogP contribution in [0.1, 0.15) is 22.0 Å². The maximum absolute atomic E-state index is 10.8. The highest BCUT2D eigenvalue weighted by Gasteiger charge is 2.28. The Morgan fingerprint density at radius 2 is 1.79 bits per heavy atom. The van der Waals surface area contributed by atoms with Gasteiger partial charge in [-0.1, -0.05) is 0 Å². The highest BCUT2D eigenvalue weighted by molar-refractivity contribution is 5.81. The molecule has 0 saturated carbocycles. The molecule has 104 valence electrons. The van der Waals surface area contributed by atoms with Crippen LogP contribution in [0, 0.1) is 0 Å². The number of aliphatic hydroxyl groups excluding tert-OH is 2. The summed E-state index contributed by atoms with van der Waals surface area (Å²) in [6.45, 7) is 0. The van der Waals surface area contributed by atoms with Crippen molar-refractivity contribution in [3.8, 4) is 11.5 Å². The van der Waals surface area contributed by atoms with E-state index in [9.17, 15) is 19.8 Å². The van der Waals surface area contributed by atoms with Gasteiger partial charge in [0, 0.05) is 5.56 Å². The van der Waals surface area contributed by atoms with E-state index in [0.29, 0.717) is 6.29 Å². The van der Waals surface area contributed by atoms with Gasteiger partial charge in [0.1, 0.15) is 17.6 Å². The Labute approximate surface area is 109 Å². The van der Waals surface area contributed by atoms with Crippen molar-refractivity contribution in [3.05, 3.63) is 23.3 Å². The second-order valence-corrected chi connectivity index (χ2v) is 3.68. The first-order valence-corrected chi connectivity index (χ1v) is 5.26. The molecule has 0 aliphatic carbocycles. The van der Waals surface area contributed by atoms with Crippen molar-refractivity contribution in [1.82, 2.24) is 0 Å². The minimum Gasteiger partial charge on any atom is -0.496 e. The average Bonchev–Trinajstić information content (AvgIpc) is 2.43. The van der Waals surface area contributed by atoms with E-state index in [2.05, 4.69) is 0 Å². The molecule has 19 heavy (non-hydrogen) atoms. The fourth-order valence-corrected chi connectivity index (χ4v) is 1.57. The maximum atomic E-state index is 10.8. The van der Waals surface area contributed by atoms with Crippen molar-refractivity contribution in [2.75, 3.05) is 14.2 Å². The number of aliphatic carboxylic acids is 1. The molecule has 0 amide bonds. The molecule has 0 heterocycles. The summed E-state index contributed by atoms with van der Waals surface area (Å²) in [6, 6.07) is 2.54. The standard InChI is InChI=1S/C12H14O7/c1-18-8-4-7(10(14)11(15)12(16)17)9(19-2)3-6(8)5-13/h3-5,10-11,14-15H,1-2H3,(H,16,17). The minimum atomic E-state index is -2.01. The lowest BCUT2D eigenvalue weighted by molar-refractivity contribution is -0.153. The Bertz CT molecular complexity index is 483. The molecule has 0 aromatic heterocycles. The van der Waals surface area contributed by atoms with Gasteiger partial charge in [0.15, 0.2) is 12.4 Å². The maximum Gasteiger partial charge on any atom is 0.335 e. The highest BCUT2D eigenvalue weighted by atomic mass is 16.5. The molecule has 0 aliphatic rings. The van der Waals surface area contributed by atoms with Crippen LogP contribution in [0.2, 0.25) is 0 Å². The monoisotopic (exact) mass is 270 g/mol. The molecule has 7 heteroatoms. The summed E-state index contributed by atoms with van der Waals surface area (Å²) in [7, 11) is 2.61. The third kappa shape index (κ3) is 3.01. The normalized spacial score (nSPS) is 13.5. The molecule has 0 bridgehead atoms. The third-order valence-electron chi connectivity index (χ3n) is 2.58. The molecule has 3 N–H and O–H groups in total. The summed E-state index contributed by atoms with van der Waals surface area (Å²) >= 11 is 0. The Balaban J connectivity index is 3.33. The zero-order valence-corrected chi connectivity index (χ0v) is 10.4. The predicted octanol–water partition coefficient (Wildman–Crippen LogP) is -0.00480. The Morgan fingerprint density at radius 3 is 2.21 bits per heavy atom. The van der Waals surface area contributed by atoms with Gasteiger partial charge in [-0.15, -0.1) is 0 Å². The van der Waals surface area contributed by atoms with Gasteiger partial charge in [-0.3, -0.25) is 4.79 Å². The lowest BCUT2D eigenvalue weighted by Crippen LogP contribution is -2.27. The topological polar surface area (TPSA) is 113 Å². The molecule has 2 atom stereocenters. The van der Waals surface area contributed by atoms with Crippen LogP contribution in [-0.2, 0) is 4.79 Å². The van der Waals surface area contributed by atoms with Crippen molar-refractivity contribution < 1.29 is 34.4 Å². The predicted molar refractivity (Wildman–Crippen MR) is 63.5 cm³/mol. The first kappa shape index (κ1) is 14.9. The molecule has 1 aromatic carbocycles. The van der Waals surface area contributed by atoms with Gasteiger partial charge in [0.2, 0.25) is 0 Å². The van der Waals surface area contributed by atoms with Gasteiger partial charge in [0.25, 0.3) is 0 Å². The van der Waals surface area contributed by atoms with Crippen LogP contribution in [0.25, 0.3) is 0 Å². The second-order valence-electron chi connectivity index (χ2n) is 3.68. The highest BCUT2D eigenvalue weighted by Crippen LogP contribution is 2.33. The molecule has 0 saturated heterocycles. The third-order valence-corrected chi connectivity index (χ3v) is 2.58. The number of carbonyl (C=O) groups excluding carboxylic acids is 1. The summed E-state index contributed by atoms with van der Waals surface area (Å²) in [5, 5.41) is 27.8. The molecule has 0 radical (unpaired) electrons. The summed E-state index contributed by atoms with van der Waals surface area (Å²) in [4.78, 5) is 21.5. The minimum absolute atomic E-state index is 0.0138. The van der Waals surface area contributed by atoms with Gasteiger partial charge in [0.05, 0.1) is 19.8 Å². The Hall–Kier alpha value is -2.12. The SMILES string of the molecule is COc1cc(C(O)C(O)C(=O)O)c(OC)cc1C=O. The number of carboxylic acids is 1. The summed E-state index contributed by atoms with van der Waals surface area (Å²) in [5.41, 5.74) is 0.194. The number of carbonyl (C=O) groups is 2. The molecule has 0 aliphatic heterocycles. The molecule has 7 nitrogen and oxygen atoms in total. The molecular weight excluding hydrogens is 256 g/mol. The molecular formula is C12H14O7. The number of methoxy groups -OCH3 is 2. The van der Waals surface area contributed by atoms with Crippen molar-refractivity contribution in [2.24, 2.45) is 0 Å². The second kappa shape index (κ2) is 6.17. The van der Waals surface area contributed by atoms with Crippen LogP contribution in [0.3, 0.4) is 0 Å². The zero-order valence-electron chi connectivity index (χ0n) is 10.4. The first-order valence-electron chi connectivity index (χ1n) is 5.26. The van der Waals surface area contributed by atoms with Crippen LogP contribution in [0.15, 0.2) is 12.1 Å². The van der Waals surface area contributed by atoms with Crippen LogP contribution >= 0.6 is 0 Å². The lowest BCUT2D eigenvalue weighted by Gasteiger charge is -2.19. The van der Waals surface area contributed by atoms with Crippen LogP contribution in [0.4, 0.5) is 0 Å². The van der Waals surface area contributed by atoms with E-state index in [4.69, 9.17) is 14.6 Å². The van der Waals surface area contributed by atoms with Gasteiger partial charge in [-0.2, -0.15) is 0 Å². The zero-order chi connectivity index (χ0) is 14.6. The summed E-state index contributed by atoms with van der Waals surface area (Å²) in [5.74, 6) is -1.36. The number of aldehydes is 1. The smallest absolute Gasteiger partial charge is 0.335 e. The number of rotatable bonds is 6. The van der Waals surface area contributed by atoms with E-state index in [-0.39, 0.29) is 22.6 Å². The van der Waals surface area contributed by atoms with Crippen molar-refractivity contribution in [1.29, 1.82) is 0 Å². The van der Waals surface area contributed by atoms with Crippen molar-refractivity contribution in [3.63, 3.8) is 0 Å². The molecule has 2 unspecified atom stereocenters. The van der Waals surface area contributed by atoms with Crippen molar-refractivity contribution >= 4 is 12.3 Å². The molecule has 0 spiro atoms. The van der Waals surface area contributed by atoms with Gasteiger partial charge in [-0.25, -0.2) is 4.79 Å². The Morgan fingerprint density at radius 1 is 1.21 bits per heavy atom. The van der Waals surface area contributed by atoms with E-state index < -0.39 is 18.2 Å². The number of aliphatic hydroxyl groups is 2. The van der Waals surface area contributed by atoms with Crippen LogP contribution < -0.4 is 9.47 Å². The largest absolute Gasteiger partial charge is 0.496 e. The van der Waals surface area contributed by atoms with Crippen LogP contribution in [0.5, 0.6) is 11.5 Å². The van der Waals surface area contributed by atoms with Crippen molar-refractivity contribution in [2.45, 2.75) is 12.2 Å². The van der Waals surface area contributed by atoms with E-state index >= 15 is 0 Å². The number of hydrogen-bond donors (Lipinski definition) is 3. The first-order chi connectivity index (χ1) is 8.96. The number of hydrogen-bond acceptors (Lipinski definition) is 6. The van der Waals surface area contributed by atoms with E-state index in [0.717, 1.165) is 0 Å². The Kier molecular flexibility index (Phi) is 4.85. The number of ether oxygens (including phenoxy) is 2. The number of benzene rings is 1. The quantitative estimate of drug-likeness (QED) is 0.623. The number of carboxylic acid groups (broad SMARTS) is 1. The average molecular weight is 270 g/mol. The van der Waals surface area contributed by atoms with Gasteiger partial charge >= 0.3 is 5.97 Å². The van der Waals surface area contributed by atoms with Crippen LogP contribution in [-0.4, -0.2) is 47.9 Å². The molecule has 1 rings (SSSR count).